The first kappa shape index (κ1) is 14.3. The van der Waals surface area contributed by atoms with E-state index >= 15 is 0 Å². The highest BCUT2D eigenvalue weighted by atomic mass is 16.5. The molecule has 0 unspecified atom stereocenters. The molecule has 1 fully saturated rings. The highest BCUT2D eigenvalue weighted by Gasteiger charge is 2.25. The van der Waals surface area contributed by atoms with Crippen molar-refractivity contribution < 1.29 is 8.94 Å². The molecule has 21 heavy (non-hydrogen) atoms. The predicted molar refractivity (Wildman–Crippen MR) is 76.7 cm³/mol. The fourth-order valence-electron chi connectivity index (χ4n) is 2.39. The smallest absolute Gasteiger partial charge is 0.229 e. The molecule has 0 N–H and O–H groups in total. The Morgan fingerprint density at radius 1 is 1.29 bits per heavy atom. The molecular formula is C15H22N4O2. The third-order valence-corrected chi connectivity index (χ3v) is 3.84. The van der Waals surface area contributed by atoms with Crippen LogP contribution in [0, 0.1) is 0 Å². The van der Waals surface area contributed by atoms with Gasteiger partial charge >= 0.3 is 0 Å². The van der Waals surface area contributed by atoms with Crippen molar-refractivity contribution >= 4 is 0 Å². The van der Waals surface area contributed by atoms with E-state index in [0.29, 0.717) is 24.9 Å². The third-order valence-electron chi connectivity index (χ3n) is 3.84. The quantitative estimate of drug-likeness (QED) is 0.814. The van der Waals surface area contributed by atoms with Crippen LogP contribution in [-0.2, 0) is 13.1 Å². The summed E-state index contributed by atoms with van der Waals surface area (Å²) in [6, 6.07) is 0. The molecule has 2 heterocycles. The zero-order valence-electron chi connectivity index (χ0n) is 12.9. The Kier molecular flexibility index (Phi) is 4.05. The Hall–Kier alpha value is -1.69. The average Bonchev–Trinajstić information content (AvgIpc) is 2.97. The highest BCUT2D eigenvalue weighted by molar-refractivity contribution is 5.00. The van der Waals surface area contributed by atoms with Gasteiger partial charge < -0.3 is 8.94 Å². The molecule has 114 valence electrons. The van der Waals surface area contributed by atoms with E-state index in [1.54, 1.807) is 6.26 Å². The van der Waals surface area contributed by atoms with Crippen LogP contribution in [0.4, 0.5) is 0 Å². The van der Waals surface area contributed by atoms with Crippen molar-refractivity contribution in [2.24, 2.45) is 0 Å². The second kappa shape index (κ2) is 5.97. The minimum absolute atomic E-state index is 0.311. The van der Waals surface area contributed by atoms with Gasteiger partial charge in [-0.1, -0.05) is 25.4 Å². The first-order chi connectivity index (χ1) is 10.1. The fourth-order valence-corrected chi connectivity index (χ4v) is 2.39. The zero-order valence-corrected chi connectivity index (χ0v) is 12.9. The van der Waals surface area contributed by atoms with Gasteiger partial charge in [0, 0.05) is 18.4 Å². The van der Waals surface area contributed by atoms with Crippen molar-refractivity contribution in [1.82, 2.24) is 20.0 Å². The average molecular weight is 290 g/mol. The summed E-state index contributed by atoms with van der Waals surface area (Å²) in [6.45, 7) is 5.50. The largest absolute Gasteiger partial charge is 0.448 e. The van der Waals surface area contributed by atoms with Gasteiger partial charge in [-0.15, -0.1) is 0 Å². The van der Waals surface area contributed by atoms with Crippen LogP contribution in [0.3, 0.4) is 0 Å². The summed E-state index contributed by atoms with van der Waals surface area (Å²) in [5.41, 5.74) is 0.934. The Balaban J connectivity index is 1.55. The maximum absolute atomic E-state index is 5.45. The van der Waals surface area contributed by atoms with E-state index in [-0.39, 0.29) is 0 Å². The van der Waals surface area contributed by atoms with E-state index in [1.807, 2.05) is 7.05 Å². The summed E-state index contributed by atoms with van der Waals surface area (Å²) in [5, 5.41) is 4.06. The Morgan fingerprint density at radius 2 is 2.10 bits per heavy atom. The van der Waals surface area contributed by atoms with E-state index in [2.05, 4.69) is 33.9 Å². The van der Waals surface area contributed by atoms with Crippen LogP contribution in [0.1, 0.15) is 68.2 Å². The van der Waals surface area contributed by atoms with E-state index in [4.69, 9.17) is 8.94 Å². The Labute approximate surface area is 124 Å². The normalized spacial score (nSPS) is 15.9. The van der Waals surface area contributed by atoms with Crippen molar-refractivity contribution in [3.05, 3.63) is 29.6 Å². The second-order valence-electron chi connectivity index (χ2n) is 6.18. The van der Waals surface area contributed by atoms with E-state index in [0.717, 1.165) is 23.3 Å². The number of aromatic nitrogens is 3. The maximum atomic E-state index is 5.45. The lowest BCUT2D eigenvalue weighted by atomic mass is 9.85. The van der Waals surface area contributed by atoms with Gasteiger partial charge in [-0.05, 0) is 19.9 Å². The first-order valence-electron chi connectivity index (χ1n) is 7.57. The first-order valence-corrected chi connectivity index (χ1v) is 7.57. The van der Waals surface area contributed by atoms with Gasteiger partial charge in [-0.3, -0.25) is 4.90 Å². The van der Waals surface area contributed by atoms with Crippen LogP contribution in [0.25, 0.3) is 0 Å². The van der Waals surface area contributed by atoms with Crippen molar-refractivity contribution in [2.75, 3.05) is 7.05 Å². The SMILES string of the molecule is CC(C)c1nc(CN(C)Cc2noc(C3CCC3)n2)co1. The van der Waals surface area contributed by atoms with Gasteiger partial charge in [-0.2, -0.15) is 4.98 Å². The molecule has 2 aromatic rings. The van der Waals surface area contributed by atoms with Crippen molar-refractivity contribution in [3.63, 3.8) is 0 Å². The molecule has 1 saturated carbocycles. The van der Waals surface area contributed by atoms with Gasteiger partial charge in [-0.25, -0.2) is 4.98 Å². The standard InChI is InChI=1S/C15H22N4O2/c1-10(2)14-16-12(9-20-14)7-19(3)8-13-17-15(21-18-13)11-5-4-6-11/h9-11H,4-8H2,1-3H3. The lowest BCUT2D eigenvalue weighted by molar-refractivity contribution is 0.280. The number of rotatable bonds is 6. The topological polar surface area (TPSA) is 68.2 Å². The lowest BCUT2D eigenvalue weighted by Gasteiger charge is -2.20. The van der Waals surface area contributed by atoms with Crippen molar-refractivity contribution in [3.8, 4) is 0 Å². The van der Waals surface area contributed by atoms with E-state index < -0.39 is 0 Å². The molecular weight excluding hydrogens is 268 g/mol. The highest BCUT2D eigenvalue weighted by Crippen LogP contribution is 2.35. The molecule has 3 rings (SSSR count). The molecule has 6 heteroatoms. The molecule has 6 nitrogen and oxygen atoms in total. The molecule has 0 spiro atoms. The molecule has 0 aliphatic heterocycles. The Bertz CT molecular complexity index is 586. The molecule has 0 atom stereocenters. The van der Waals surface area contributed by atoms with Gasteiger partial charge in [0.25, 0.3) is 0 Å². The maximum Gasteiger partial charge on any atom is 0.229 e. The number of nitrogens with zero attached hydrogens (tertiary/aromatic N) is 4. The van der Waals surface area contributed by atoms with E-state index in [9.17, 15) is 0 Å². The molecule has 1 aliphatic rings. The van der Waals surface area contributed by atoms with Crippen LogP contribution in [0.15, 0.2) is 15.2 Å². The molecule has 0 bridgehead atoms. The summed E-state index contributed by atoms with van der Waals surface area (Å²) in [4.78, 5) is 11.1. The second-order valence-corrected chi connectivity index (χ2v) is 6.18. The molecule has 0 radical (unpaired) electrons. The van der Waals surface area contributed by atoms with Crippen LogP contribution in [0.2, 0.25) is 0 Å². The summed E-state index contributed by atoms with van der Waals surface area (Å²) in [5.74, 6) is 3.12. The van der Waals surface area contributed by atoms with Crippen LogP contribution < -0.4 is 0 Å². The van der Waals surface area contributed by atoms with Crippen LogP contribution >= 0.6 is 0 Å². The van der Waals surface area contributed by atoms with Crippen LogP contribution in [0.5, 0.6) is 0 Å². The molecule has 0 aromatic carbocycles. The van der Waals surface area contributed by atoms with Crippen LogP contribution in [-0.4, -0.2) is 27.1 Å². The molecule has 1 aliphatic carbocycles. The molecule has 0 saturated heterocycles. The minimum atomic E-state index is 0.311. The number of hydrogen-bond donors (Lipinski definition) is 0. The summed E-state index contributed by atoms with van der Waals surface area (Å²) in [7, 11) is 2.02. The molecule has 2 aromatic heterocycles. The summed E-state index contributed by atoms with van der Waals surface area (Å²) in [6.07, 6.45) is 5.34. The van der Waals surface area contributed by atoms with E-state index in [1.165, 1.54) is 19.3 Å². The summed E-state index contributed by atoms with van der Waals surface area (Å²) < 4.78 is 10.8. The summed E-state index contributed by atoms with van der Waals surface area (Å²) >= 11 is 0. The van der Waals surface area contributed by atoms with Crippen molar-refractivity contribution in [1.29, 1.82) is 0 Å². The lowest BCUT2D eigenvalue weighted by Crippen LogP contribution is -2.18. The van der Waals surface area contributed by atoms with Gasteiger partial charge in [0.2, 0.25) is 5.89 Å². The monoisotopic (exact) mass is 290 g/mol. The number of oxazole rings is 1. The minimum Gasteiger partial charge on any atom is -0.448 e. The van der Waals surface area contributed by atoms with Gasteiger partial charge in [0.1, 0.15) is 6.26 Å². The fraction of sp³-hybridized carbons (Fsp3) is 0.667. The number of hydrogen-bond acceptors (Lipinski definition) is 6. The zero-order chi connectivity index (χ0) is 14.8. The third kappa shape index (κ3) is 3.32. The predicted octanol–water partition coefficient (Wildman–Crippen LogP) is 3.08. The molecule has 0 amide bonds. The Morgan fingerprint density at radius 3 is 2.71 bits per heavy atom. The van der Waals surface area contributed by atoms with Gasteiger partial charge in [0.05, 0.1) is 12.2 Å². The van der Waals surface area contributed by atoms with Gasteiger partial charge in [0.15, 0.2) is 11.7 Å². The van der Waals surface area contributed by atoms with Crippen molar-refractivity contribution in [2.45, 2.75) is 58.0 Å².